The summed E-state index contributed by atoms with van der Waals surface area (Å²) in [7, 11) is 1.57. The number of carbonyl (C=O) groups excluding carboxylic acids is 1. The minimum absolute atomic E-state index is 0.0755. The fourth-order valence-corrected chi connectivity index (χ4v) is 3.74. The van der Waals surface area contributed by atoms with Crippen molar-refractivity contribution in [1.82, 2.24) is 15.3 Å². The van der Waals surface area contributed by atoms with Crippen molar-refractivity contribution in [3.8, 4) is 17.1 Å². The van der Waals surface area contributed by atoms with E-state index in [1.165, 1.54) is 12.1 Å². The molecule has 0 radical (unpaired) electrons. The van der Waals surface area contributed by atoms with Gasteiger partial charge in [-0.05, 0) is 30.3 Å². The van der Waals surface area contributed by atoms with Crippen LogP contribution in [0.4, 0.5) is 15.0 Å². The van der Waals surface area contributed by atoms with Crippen LogP contribution in [0.2, 0.25) is 0 Å². The van der Waals surface area contributed by atoms with Crippen molar-refractivity contribution in [1.29, 1.82) is 0 Å². The number of alkyl carbamates (subject to hydrolysis) is 1. The van der Waals surface area contributed by atoms with Gasteiger partial charge in [0.2, 0.25) is 0 Å². The minimum atomic E-state index is -0.461. The highest BCUT2D eigenvalue weighted by atomic mass is 19.1. The number of hydrogen-bond donors (Lipinski definition) is 2. The maximum atomic E-state index is 14.0. The molecule has 4 rings (SSSR count). The average Bonchev–Trinajstić information content (AvgIpc) is 2.79. The second kappa shape index (κ2) is 9.78. The highest BCUT2D eigenvalue weighted by molar-refractivity contribution is 5.91. The number of nitrogens with zero attached hydrogens (tertiary/aromatic N) is 3. The summed E-state index contributed by atoms with van der Waals surface area (Å²) in [6.45, 7) is 1.98. The molecule has 2 N–H and O–H groups in total. The van der Waals surface area contributed by atoms with Crippen LogP contribution in [0.25, 0.3) is 22.3 Å². The van der Waals surface area contributed by atoms with Gasteiger partial charge in [0.1, 0.15) is 23.5 Å². The smallest absolute Gasteiger partial charge is 0.407 e. The summed E-state index contributed by atoms with van der Waals surface area (Å²) >= 11 is 0. The molecule has 2 aromatic carbocycles. The van der Waals surface area contributed by atoms with Gasteiger partial charge < -0.3 is 24.8 Å². The Morgan fingerprint density at radius 1 is 1.22 bits per heavy atom. The Morgan fingerprint density at radius 2 is 2.00 bits per heavy atom. The molecule has 2 heterocycles. The molecular weight excluding hydrogens is 415 g/mol. The van der Waals surface area contributed by atoms with E-state index in [1.54, 1.807) is 37.4 Å². The third-order valence-electron chi connectivity index (χ3n) is 5.37. The molecule has 0 aliphatic carbocycles. The van der Waals surface area contributed by atoms with Crippen LogP contribution in [0, 0.1) is 5.82 Å². The minimum Gasteiger partial charge on any atom is -0.507 e. The van der Waals surface area contributed by atoms with Crippen molar-refractivity contribution >= 4 is 22.8 Å². The molecule has 168 valence electrons. The van der Waals surface area contributed by atoms with E-state index in [-0.39, 0.29) is 17.7 Å². The Morgan fingerprint density at radius 3 is 2.75 bits per heavy atom. The number of piperidine rings is 1. The maximum absolute atomic E-state index is 14.0. The van der Waals surface area contributed by atoms with Crippen molar-refractivity contribution in [2.24, 2.45) is 0 Å². The Kier molecular flexibility index (Phi) is 6.65. The number of aromatic hydroxyl groups is 1. The van der Waals surface area contributed by atoms with Gasteiger partial charge in [0.05, 0.1) is 17.7 Å². The molecule has 0 bridgehead atoms. The number of methoxy groups -OCH3 is 1. The van der Waals surface area contributed by atoms with Crippen molar-refractivity contribution in [3.05, 3.63) is 48.3 Å². The number of ether oxygens (including phenoxy) is 2. The molecule has 9 heteroatoms. The number of aromatic nitrogens is 2. The SMILES string of the molecule is COCCNC(=O)OC1CCN(c2nc(-c3ccccc3O)nc3ccc(F)cc23)CC1. The molecule has 1 amide bonds. The highest BCUT2D eigenvalue weighted by Crippen LogP contribution is 2.33. The number of para-hydroxylation sites is 1. The number of phenols is 1. The molecule has 0 spiro atoms. The van der Waals surface area contributed by atoms with Gasteiger partial charge in [-0.1, -0.05) is 12.1 Å². The van der Waals surface area contributed by atoms with Crippen molar-refractivity contribution in [2.45, 2.75) is 18.9 Å². The number of hydrogen-bond acceptors (Lipinski definition) is 7. The van der Waals surface area contributed by atoms with E-state index in [9.17, 15) is 14.3 Å². The average molecular weight is 440 g/mol. The number of anilines is 1. The Labute approximate surface area is 185 Å². The van der Waals surface area contributed by atoms with Crippen LogP contribution >= 0.6 is 0 Å². The summed E-state index contributed by atoms with van der Waals surface area (Å²) in [5.74, 6) is 0.666. The first-order chi connectivity index (χ1) is 15.5. The van der Waals surface area contributed by atoms with Gasteiger partial charge in [-0.25, -0.2) is 19.2 Å². The number of halogens is 1. The van der Waals surface area contributed by atoms with Crippen LogP contribution in [-0.4, -0.2) is 60.6 Å². The topological polar surface area (TPSA) is 96.8 Å². The number of rotatable bonds is 6. The molecule has 1 fully saturated rings. The number of benzene rings is 2. The molecule has 1 saturated heterocycles. The van der Waals surface area contributed by atoms with Gasteiger partial charge in [0.25, 0.3) is 0 Å². The van der Waals surface area contributed by atoms with Crippen LogP contribution in [0.15, 0.2) is 42.5 Å². The Balaban J connectivity index is 1.55. The zero-order chi connectivity index (χ0) is 22.5. The lowest BCUT2D eigenvalue weighted by Crippen LogP contribution is -2.40. The van der Waals surface area contributed by atoms with Gasteiger partial charge >= 0.3 is 6.09 Å². The molecule has 3 aromatic rings. The van der Waals surface area contributed by atoms with E-state index >= 15 is 0 Å². The van der Waals surface area contributed by atoms with Gasteiger partial charge in [-0.3, -0.25) is 0 Å². The van der Waals surface area contributed by atoms with E-state index in [0.29, 0.717) is 67.2 Å². The zero-order valence-electron chi connectivity index (χ0n) is 17.8. The quantitative estimate of drug-likeness (QED) is 0.567. The van der Waals surface area contributed by atoms with Crippen LogP contribution in [0.5, 0.6) is 5.75 Å². The van der Waals surface area contributed by atoms with Gasteiger partial charge in [-0.15, -0.1) is 0 Å². The summed E-state index contributed by atoms with van der Waals surface area (Å²) in [5.41, 5.74) is 1.09. The van der Waals surface area contributed by atoms with Gasteiger partial charge in [0.15, 0.2) is 5.82 Å². The summed E-state index contributed by atoms with van der Waals surface area (Å²) in [6.07, 6.45) is 0.558. The number of fused-ring (bicyclic) bond motifs is 1. The molecule has 0 unspecified atom stereocenters. The number of phenolic OH excluding ortho intramolecular Hbond substituents is 1. The van der Waals surface area contributed by atoms with Crippen LogP contribution in [0.3, 0.4) is 0 Å². The third-order valence-corrected chi connectivity index (χ3v) is 5.37. The summed E-state index contributed by atoms with van der Waals surface area (Å²) in [6, 6.07) is 11.2. The normalized spacial score (nSPS) is 14.5. The fraction of sp³-hybridized carbons (Fsp3) is 0.348. The monoisotopic (exact) mass is 440 g/mol. The third kappa shape index (κ3) is 4.88. The van der Waals surface area contributed by atoms with E-state index in [0.717, 1.165) is 0 Å². The zero-order valence-corrected chi connectivity index (χ0v) is 17.8. The van der Waals surface area contributed by atoms with Gasteiger partial charge in [0, 0.05) is 45.0 Å². The fourth-order valence-electron chi connectivity index (χ4n) is 3.74. The first-order valence-corrected chi connectivity index (χ1v) is 10.5. The molecule has 1 aliphatic rings. The second-order valence-electron chi connectivity index (χ2n) is 7.56. The number of nitrogens with one attached hydrogen (secondary N) is 1. The lowest BCUT2D eigenvalue weighted by molar-refractivity contribution is 0.0809. The van der Waals surface area contributed by atoms with E-state index in [2.05, 4.69) is 15.3 Å². The van der Waals surface area contributed by atoms with E-state index in [1.807, 2.05) is 4.90 Å². The molecule has 1 aromatic heterocycles. The van der Waals surface area contributed by atoms with E-state index in [4.69, 9.17) is 9.47 Å². The predicted molar refractivity (Wildman–Crippen MR) is 118 cm³/mol. The van der Waals surface area contributed by atoms with Crippen molar-refractivity contribution < 1.29 is 23.8 Å². The molecule has 1 aliphatic heterocycles. The van der Waals surface area contributed by atoms with Crippen LogP contribution < -0.4 is 10.2 Å². The van der Waals surface area contributed by atoms with Crippen molar-refractivity contribution in [2.75, 3.05) is 38.3 Å². The number of amides is 1. The molecule has 32 heavy (non-hydrogen) atoms. The Hall–Kier alpha value is -3.46. The summed E-state index contributed by atoms with van der Waals surface area (Å²) in [5, 5.41) is 13.5. The first kappa shape index (κ1) is 21.8. The largest absolute Gasteiger partial charge is 0.507 e. The van der Waals surface area contributed by atoms with Crippen LogP contribution in [-0.2, 0) is 9.47 Å². The second-order valence-corrected chi connectivity index (χ2v) is 7.56. The molecule has 0 saturated carbocycles. The number of carbonyl (C=O) groups is 1. The predicted octanol–water partition coefficient (Wildman–Crippen LogP) is 3.48. The molecular formula is C23H25FN4O4. The highest BCUT2D eigenvalue weighted by Gasteiger charge is 2.25. The molecule has 0 atom stereocenters. The molecule has 8 nitrogen and oxygen atoms in total. The maximum Gasteiger partial charge on any atom is 0.407 e. The Bertz CT molecular complexity index is 1100. The van der Waals surface area contributed by atoms with Gasteiger partial charge in [-0.2, -0.15) is 0 Å². The summed E-state index contributed by atoms with van der Waals surface area (Å²) < 4.78 is 24.4. The van der Waals surface area contributed by atoms with Crippen molar-refractivity contribution in [3.63, 3.8) is 0 Å². The van der Waals surface area contributed by atoms with E-state index < -0.39 is 6.09 Å². The van der Waals surface area contributed by atoms with Crippen LogP contribution in [0.1, 0.15) is 12.8 Å². The standard InChI is InChI=1S/C23H25FN4O4/c1-31-13-10-25-23(30)32-16-8-11-28(12-9-16)22-18-14-15(24)6-7-19(18)26-21(27-22)17-4-2-3-5-20(17)29/h2-7,14,16,29H,8-13H2,1H3,(H,25,30). The first-order valence-electron chi connectivity index (χ1n) is 10.5. The summed E-state index contributed by atoms with van der Waals surface area (Å²) in [4.78, 5) is 23.2. The lowest BCUT2D eigenvalue weighted by atomic mass is 10.1. The lowest BCUT2D eigenvalue weighted by Gasteiger charge is -2.33.